The van der Waals surface area contributed by atoms with E-state index in [1.807, 2.05) is 18.2 Å². The van der Waals surface area contributed by atoms with Gasteiger partial charge in [-0.15, -0.1) is 11.3 Å². The van der Waals surface area contributed by atoms with E-state index in [0.29, 0.717) is 23.4 Å². The van der Waals surface area contributed by atoms with E-state index < -0.39 is 0 Å². The number of aryl methyl sites for hydroxylation is 1. The number of nitrogens with zero attached hydrogens (tertiary/aromatic N) is 5. The maximum atomic E-state index is 6.21. The number of piperazine rings is 1. The number of methoxy groups -OCH3 is 1. The molecular weight excluding hydrogens is 506 g/mol. The Morgan fingerprint density at radius 2 is 1.78 bits per heavy atom. The summed E-state index contributed by atoms with van der Waals surface area (Å²) in [5, 5.41) is 1.57. The van der Waals surface area contributed by atoms with Gasteiger partial charge in [0.2, 0.25) is 0 Å². The van der Waals surface area contributed by atoms with Crippen LogP contribution in [0.2, 0.25) is 0 Å². The molecule has 0 aliphatic carbocycles. The molecule has 1 aromatic carbocycles. The molecule has 4 N–H and O–H groups in total. The zero-order valence-electron chi connectivity index (χ0n) is 22.1. The van der Waals surface area contributed by atoms with E-state index in [-0.39, 0.29) is 5.25 Å². The highest BCUT2D eigenvalue weighted by Gasteiger charge is 2.21. The smallest absolute Gasteiger partial charge is 0.192 e. The van der Waals surface area contributed by atoms with E-state index in [9.17, 15) is 0 Å². The highest BCUT2D eigenvalue weighted by molar-refractivity contribution is 7.99. The van der Waals surface area contributed by atoms with Crippen LogP contribution in [-0.4, -0.2) is 78.2 Å². The summed E-state index contributed by atoms with van der Waals surface area (Å²) in [6.45, 7) is 10.2. The monoisotopic (exact) mass is 543 g/mol. The predicted molar refractivity (Wildman–Crippen MR) is 153 cm³/mol. The van der Waals surface area contributed by atoms with Crippen molar-refractivity contribution in [3.8, 4) is 22.1 Å². The lowest BCUT2D eigenvalue weighted by molar-refractivity contribution is 0.133. The zero-order valence-corrected chi connectivity index (χ0v) is 23.7. The number of nitrogen functional groups attached to an aromatic ring is 2. The van der Waals surface area contributed by atoms with Crippen LogP contribution in [0.1, 0.15) is 36.1 Å². The van der Waals surface area contributed by atoms with E-state index in [2.05, 4.69) is 40.7 Å². The molecule has 1 aliphatic heterocycles. The van der Waals surface area contributed by atoms with Crippen molar-refractivity contribution in [3.05, 3.63) is 34.8 Å². The molecule has 0 saturated carbocycles. The Labute approximate surface area is 227 Å². The molecule has 9 nitrogen and oxygen atoms in total. The second-order valence-corrected chi connectivity index (χ2v) is 11.6. The topological polar surface area (TPSA) is 116 Å². The van der Waals surface area contributed by atoms with Gasteiger partial charge in [0.15, 0.2) is 16.7 Å². The Hall–Kier alpha value is -2.60. The van der Waals surface area contributed by atoms with E-state index in [4.69, 9.17) is 25.9 Å². The maximum Gasteiger partial charge on any atom is 0.192 e. The largest absolute Gasteiger partial charge is 0.493 e. The van der Waals surface area contributed by atoms with Crippen LogP contribution in [0.15, 0.2) is 29.4 Å². The first-order valence-corrected chi connectivity index (χ1v) is 14.3. The van der Waals surface area contributed by atoms with Crippen LogP contribution in [0.4, 0.5) is 11.6 Å². The number of ether oxygens (including phenoxy) is 2. The summed E-state index contributed by atoms with van der Waals surface area (Å²) in [4.78, 5) is 19.8. The van der Waals surface area contributed by atoms with E-state index in [1.54, 1.807) is 24.5 Å². The van der Waals surface area contributed by atoms with Gasteiger partial charge in [-0.25, -0.2) is 15.0 Å². The minimum Gasteiger partial charge on any atom is -0.493 e. The standard InChI is InChI=1S/C26H37N7O2S2/c1-5-6-21-24(17(2)36-26-29-22(27)16-23(28)30-26)31-25(37-21)18-7-8-19(34-4)20(15-18)35-14-13-33-11-9-32(3)10-12-33/h7-8,15-17H,5-6,9-14H2,1-4H3,(H4,27,28,29,30)/t17-/m0/s1. The molecule has 11 heteroatoms. The number of anilines is 2. The number of hydrogen-bond donors (Lipinski definition) is 2. The maximum absolute atomic E-state index is 6.21. The molecule has 37 heavy (non-hydrogen) atoms. The second kappa shape index (κ2) is 12.8. The number of thiazole rings is 1. The molecule has 3 aromatic rings. The fourth-order valence-corrected chi connectivity index (χ4v) is 6.49. The third-order valence-corrected chi connectivity index (χ3v) is 8.44. The van der Waals surface area contributed by atoms with E-state index >= 15 is 0 Å². The Kier molecular flexibility index (Phi) is 9.47. The summed E-state index contributed by atoms with van der Waals surface area (Å²) >= 11 is 3.24. The van der Waals surface area contributed by atoms with Crippen molar-refractivity contribution in [1.29, 1.82) is 0 Å². The molecule has 1 atom stereocenters. The van der Waals surface area contributed by atoms with Crippen LogP contribution < -0.4 is 20.9 Å². The summed E-state index contributed by atoms with van der Waals surface area (Å²) in [5.74, 6) is 2.21. The molecule has 0 amide bonds. The van der Waals surface area contributed by atoms with E-state index in [1.165, 1.54) is 16.6 Å². The molecule has 1 saturated heterocycles. The van der Waals surface area contributed by atoms with Crippen molar-refractivity contribution in [2.45, 2.75) is 37.1 Å². The number of nitrogens with two attached hydrogens (primary N) is 2. The van der Waals surface area contributed by atoms with Crippen molar-refractivity contribution in [2.75, 3.05) is 65.0 Å². The Balaban J connectivity index is 1.51. The van der Waals surface area contributed by atoms with Gasteiger partial charge in [-0.3, -0.25) is 4.90 Å². The van der Waals surface area contributed by atoms with E-state index in [0.717, 1.165) is 73.3 Å². The normalized spacial score (nSPS) is 15.6. The Bertz CT molecular complexity index is 1160. The number of rotatable bonds is 11. The molecule has 0 unspecified atom stereocenters. The number of hydrogen-bond acceptors (Lipinski definition) is 11. The third-order valence-electron chi connectivity index (χ3n) is 6.29. The van der Waals surface area contributed by atoms with Crippen LogP contribution >= 0.6 is 23.1 Å². The van der Waals surface area contributed by atoms with Gasteiger partial charge in [-0.2, -0.15) is 0 Å². The number of benzene rings is 1. The van der Waals surface area contributed by atoms with Gasteiger partial charge in [-0.1, -0.05) is 25.1 Å². The van der Waals surface area contributed by atoms with Gasteiger partial charge in [0.1, 0.15) is 23.3 Å². The fraction of sp³-hybridized carbons (Fsp3) is 0.500. The first-order chi connectivity index (χ1) is 17.9. The quantitative estimate of drug-likeness (QED) is 0.269. The first kappa shape index (κ1) is 27.4. The SMILES string of the molecule is CCCc1sc(-c2ccc(OC)c(OCCN3CCN(C)CC3)c2)nc1[C@H](C)Sc1nc(N)cc(N)n1. The van der Waals surface area contributed by atoms with Crippen LogP contribution in [0.25, 0.3) is 10.6 Å². The average molecular weight is 544 g/mol. The summed E-state index contributed by atoms with van der Waals surface area (Å²) < 4.78 is 11.8. The molecule has 3 heterocycles. The molecule has 0 radical (unpaired) electrons. The summed E-state index contributed by atoms with van der Waals surface area (Å²) in [6, 6.07) is 7.61. The average Bonchev–Trinajstić information content (AvgIpc) is 3.29. The van der Waals surface area contributed by atoms with Crippen LogP contribution in [0.3, 0.4) is 0 Å². The molecular formula is C26H37N7O2S2. The van der Waals surface area contributed by atoms with Gasteiger partial charge in [0.25, 0.3) is 0 Å². The summed E-state index contributed by atoms with van der Waals surface area (Å²) in [5.41, 5.74) is 13.8. The predicted octanol–water partition coefficient (Wildman–Crippen LogP) is 4.21. The fourth-order valence-electron chi connectivity index (χ4n) is 4.22. The van der Waals surface area contributed by atoms with Crippen molar-refractivity contribution < 1.29 is 9.47 Å². The highest BCUT2D eigenvalue weighted by atomic mass is 32.2. The molecule has 4 rings (SSSR count). The van der Waals surface area contributed by atoms with Gasteiger partial charge >= 0.3 is 0 Å². The molecule has 0 spiro atoms. The number of aromatic nitrogens is 3. The van der Waals surface area contributed by atoms with Crippen molar-refractivity contribution in [3.63, 3.8) is 0 Å². The lowest BCUT2D eigenvalue weighted by Crippen LogP contribution is -2.45. The van der Waals surface area contributed by atoms with Crippen LogP contribution in [0.5, 0.6) is 11.5 Å². The lowest BCUT2D eigenvalue weighted by atomic mass is 10.2. The zero-order chi connectivity index (χ0) is 26.4. The Morgan fingerprint density at radius 3 is 2.46 bits per heavy atom. The van der Waals surface area contributed by atoms with Gasteiger partial charge in [-0.05, 0) is 38.6 Å². The van der Waals surface area contributed by atoms with Crippen LogP contribution in [0, 0.1) is 0 Å². The molecule has 1 fully saturated rings. The number of thioether (sulfide) groups is 1. The van der Waals surface area contributed by atoms with Crippen LogP contribution in [-0.2, 0) is 6.42 Å². The molecule has 1 aliphatic rings. The van der Waals surface area contributed by atoms with Gasteiger partial charge in [0.05, 0.1) is 18.1 Å². The minimum absolute atomic E-state index is 0.0466. The van der Waals surface area contributed by atoms with Crippen molar-refractivity contribution >= 4 is 34.7 Å². The first-order valence-electron chi connectivity index (χ1n) is 12.6. The van der Waals surface area contributed by atoms with Gasteiger partial charge < -0.3 is 25.8 Å². The summed E-state index contributed by atoms with van der Waals surface area (Å²) in [6.07, 6.45) is 2.00. The highest BCUT2D eigenvalue weighted by Crippen LogP contribution is 2.41. The molecule has 200 valence electrons. The summed E-state index contributed by atoms with van der Waals surface area (Å²) in [7, 11) is 3.84. The Morgan fingerprint density at radius 1 is 1.05 bits per heavy atom. The lowest BCUT2D eigenvalue weighted by Gasteiger charge is -2.32. The molecule has 0 bridgehead atoms. The van der Waals surface area contributed by atoms with Crippen molar-refractivity contribution in [1.82, 2.24) is 24.8 Å². The third kappa shape index (κ3) is 7.25. The van der Waals surface area contributed by atoms with Crippen molar-refractivity contribution in [2.24, 2.45) is 0 Å². The second-order valence-electron chi connectivity index (χ2n) is 9.20. The van der Waals surface area contributed by atoms with Gasteiger partial charge in [0, 0.05) is 49.2 Å². The number of likely N-dealkylation sites (N-methyl/N-ethyl adjacent to an activating group) is 1. The molecule has 2 aromatic heterocycles. The minimum atomic E-state index is 0.0466.